The topological polar surface area (TPSA) is 82.0 Å². The number of hydrogen-bond donors (Lipinski definition) is 2. The van der Waals surface area contributed by atoms with Gasteiger partial charge in [-0.15, -0.1) is 0 Å². The average molecular weight is 281 g/mol. The third-order valence-electron chi connectivity index (χ3n) is 2.69. The van der Waals surface area contributed by atoms with Crippen molar-refractivity contribution >= 4 is 10.0 Å². The molecule has 104 valence electrons. The lowest BCUT2D eigenvalue weighted by Crippen LogP contribution is -2.32. The van der Waals surface area contributed by atoms with E-state index < -0.39 is 10.0 Å². The average Bonchev–Trinajstić information content (AvgIpc) is 2.38. The number of hydrogen-bond acceptors (Lipinski definition) is 4. The fourth-order valence-electron chi connectivity index (χ4n) is 1.63. The normalized spacial score (nSPS) is 12.9. The fourth-order valence-corrected chi connectivity index (χ4v) is 2.80. The number of nitrogens with one attached hydrogen (secondary N) is 2. The lowest BCUT2D eigenvalue weighted by molar-refractivity contribution is 0.519. The van der Waals surface area contributed by atoms with Crippen LogP contribution < -0.4 is 10.0 Å². The van der Waals surface area contributed by atoms with Gasteiger partial charge in [-0.1, -0.05) is 19.1 Å². The minimum atomic E-state index is -3.47. The summed E-state index contributed by atoms with van der Waals surface area (Å²) in [6.45, 7) is 3.11. The molecule has 0 aliphatic carbocycles. The Morgan fingerprint density at radius 2 is 1.89 bits per heavy atom. The minimum Gasteiger partial charge on any atom is -0.319 e. The fraction of sp³-hybridized carbons (Fsp3) is 0.462. The van der Waals surface area contributed by atoms with Crippen LogP contribution in [0.2, 0.25) is 0 Å². The van der Waals surface area contributed by atoms with E-state index >= 15 is 0 Å². The van der Waals surface area contributed by atoms with E-state index in [1.165, 1.54) is 12.1 Å². The van der Waals surface area contributed by atoms with Crippen molar-refractivity contribution in [3.05, 3.63) is 29.8 Å². The first-order valence-corrected chi connectivity index (χ1v) is 7.58. The number of sulfonamides is 1. The van der Waals surface area contributed by atoms with Gasteiger partial charge in [-0.25, -0.2) is 13.1 Å². The van der Waals surface area contributed by atoms with Crippen LogP contribution in [-0.2, 0) is 16.4 Å². The second-order valence-corrected chi connectivity index (χ2v) is 6.26. The maximum absolute atomic E-state index is 12.0. The highest BCUT2D eigenvalue weighted by Gasteiger charge is 2.14. The van der Waals surface area contributed by atoms with Gasteiger partial charge in [-0.2, -0.15) is 5.26 Å². The van der Waals surface area contributed by atoms with Gasteiger partial charge >= 0.3 is 0 Å². The summed E-state index contributed by atoms with van der Waals surface area (Å²) in [5.74, 6) is 0.220. The molecule has 1 aromatic rings. The largest absolute Gasteiger partial charge is 0.319 e. The molecule has 0 bridgehead atoms. The summed E-state index contributed by atoms with van der Waals surface area (Å²) in [5.41, 5.74) is 0.810. The van der Waals surface area contributed by atoms with Crippen molar-refractivity contribution in [1.82, 2.24) is 10.0 Å². The second kappa shape index (κ2) is 7.24. The molecule has 0 aromatic heterocycles. The van der Waals surface area contributed by atoms with Crippen LogP contribution in [0.4, 0.5) is 0 Å². The Morgan fingerprint density at radius 3 is 2.42 bits per heavy atom. The van der Waals surface area contributed by atoms with Crippen molar-refractivity contribution in [2.45, 2.75) is 18.2 Å². The molecule has 1 rings (SSSR count). The van der Waals surface area contributed by atoms with Gasteiger partial charge in [0.25, 0.3) is 0 Å². The highest BCUT2D eigenvalue weighted by atomic mass is 32.2. The molecule has 0 heterocycles. The van der Waals surface area contributed by atoms with Crippen LogP contribution in [0.15, 0.2) is 29.2 Å². The minimum absolute atomic E-state index is 0.220. The van der Waals surface area contributed by atoms with E-state index in [4.69, 9.17) is 5.26 Å². The molecular formula is C13H19N3O2S. The van der Waals surface area contributed by atoms with Gasteiger partial charge in [-0.3, -0.25) is 0 Å². The Labute approximate surface area is 114 Å². The molecule has 0 radical (unpaired) electrons. The van der Waals surface area contributed by atoms with Crippen molar-refractivity contribution < 1.29 is 8.42 Å². The Morgan fingerprint density at radius 1 is 1.26 bits per heavy atom. The molecule has 0 saturated heterocycles. The van der Waals surface area contributed by atoms with E-state index in [1.54, 1.807) is 12.1 Å². The Balaban J connectivity index is 2.69. The van der Waals surface area contributed by atoms with Gasteiger partial charge in [0.2, 0.25) is 10.0 Å². The van der Waals surface area contributed by atoms with Crippen LogP contribution in [0.25, 0.3) is 0 Å². The summed E-state index contributed by atoms with van der Waals surface area (Å²) in [6.07, 6.45) is 0.285. The van der Waals surface area contributed by atoms with Crippen LogP contribution in [-0.4, -0.2) is 28.6 Å². The molecule has 5 nitrogen and oxygen atoms in total. The molecule has 0 amide bonds. The maximum Gasteiger partial charge on any atom is 0.240 e. The molecule has 1 unspecified atom stereocenters. The molecule has 19 heavy (non-hydrogen) atoms. The summed E-state index contributed by atoms with van der Waals surface area (Å²) >= 11 is 0. The van der Waals surface area contributed by atoms with Gasteiger partial charge in [0.1, 0.15) is 0 Å². The smallest absolute Gasteiger partial charge is 0.240 e. The molecule has 1 aromatic carbocycles. The molecule has 6 heteroatoms. The zero-order valence-corrected chi connectivity index (χ0v) is 12.0. The van der Waals surface area contributed by atoms with Crippen LogP contribution in [0, 0.1) is 17.2 Å². The monoisotopic (exact) mass is 281 g/mol. The molecule has 0 aliphatic rings. The Kier molecular flexibility index (Phi) is 5.96. The number of nitriles is 1. The lowest BCUT2D eigenvalue weighted by atomic mass is 10.2. The van der Waals surface area contributed by atoms with E-state index in [-0.39, 0.29) is 17.2 Å². The highest BCUT2D eigenvalue weighted by Crippen LogP contribution is 2.11. The van der Waals surface area contributed by atoms with Gasteiger partial charge < -0.3 is 5.32 Å². The summed E-state index contributed by atoms with van der Waals surface area (Å²) in [4.78, 5) is 0.228. The number of benzene rings is 1. The molecule has 0 spiro atoms. The molecule has 0 fully saturated rings. The van der Waals surface area contributed by atoms with Crippen molar-refractivity contribution in [3.63, 3.8) is 0 Å². The zero-order valence-electron chi connectivity index (χ0n) is 11.2. The van der Waals surface area contributed by atoms with E-state index in [9.17, 15) is 8.42 Å². The lowest BCUT2D eigenvalue weighted by Gasteiger charge is -2.12. The number of rotatable bonds is 7. The second-order valence-electron chi connectivity index (χ2n) is 4.49. The number of nitrogens with zero attached hydrogens (tertiary/aromatic N) is 1. The molecule has 0 aliphatic heterocycles. The first-order valence-electron chi connectivity index (χ1n) is 6.09. The SMILES string of the molecule is CNCC(C)CNS(=O)(=O)c1ccc(CC#N)cc1. The van der Waals surface area contributed by atoms with E-state index in [0.29, 0.717) is 6.54 Å². The van der Waals surface area contributed by atoms with Crippen molar-refractivity contribution in [1.29, 1.82) is 5.26 Å². The third kappa shape index (κ3) is 4.99. The van der Waals surface area contributed by atoms with Gasteiger partial charge in [0, 0.05) is 6.54 Å². The molecule has 0 saturated carbocycles. The standard InChI is InChI=1S/C13H19N3O2S/c1-11(9-15-2)10-16-19(17,18)13-5-3-12(4-6-13)7-8-14/h3-6,11,15-16H,7,9-10H2,1-2H3. The molecule has 1 atom stereocenters. The molecular weight excluding hydrogens is 262 g/mol. The van der Waals surface area contributed by atoms with Crippen LogP contribution in [0.3, 0.4) is 0 Å². The van der Waals surface area contributed by atoms with Gasteiger partial charge in [0.15, 0.2) is 0 Å². The summed E-state index contributed by atoms with van der Waals surface area (Å²) in [5, 5.41) is 11.6. The maximum atomic E-state index is 12.0. The molecule has 2 N–H and O–H groups in total. The van der Waals surface area contributed by atoms with Crippen molar-refractivity contribution in [2.75, 3.05) is 20.1 Å². The predicted molar refractivity (Wildman–Crippen MR) is 74.0 cm³/mol. The zero-order chi connectivity index (χ0) is 14.3. The van der Waals surface area contributed by atoms with E-state index in [2.05, 4.69) is 10.0 Å². The first-order chi connectivity index (χ1) is 8.99. The van der Waals surface area contributed by atoms with Crippen molar-refractivity contribution in [3.8, 4) is 6.07 Å². The third-order valence-corrected chi connectivity index (χ3v) is 4.13. The van der Waals surface area contributed by atoms with E-state index in [1.807, 2.05) is 20.0 Å². The Hall–Kier alpha value is -1.42. The van der Waals surface area contributed by atoms with Gasteiger partial charge in [0.05, 0.1) is 17.4 Å². The quantitative estimate of drug-likeness (QED) is 0.777. The Bertz CT molecular complexity index is 532. The van der Waals surface area contributed by atoms with E-state index in [0.717, 1.165) is 12.1 Å². The predicted octanol–water partition coefficient (Wildman–Crippen LogP) is 0.886. The van der Waals surface area contributed by atoms with Crippen LogP contribution >= 0.6 is 0 Å². The van der Waals surface area contributed by atoms with Crippen LogP contribution in [0.5, 0.6) is 0 Å². The summed E-state index contributed by atoms with van der Waals surface area (Å²) in [6, 6.07) is 8.40. The van der Waals surface area contributed by atoms with Crippen molar-refractivity contribution in [2.24, 2.45) is 5.92 Å². The summed E-state index contributed by atoms with van der Waals surface area (Å²) in [7, 11) is -1.63. The van der Waals surface area contributed by atoms with Crippen LogP contribution in [0.1, 0.15) is 12.5 Å². The van der Waals surface area contributed by atoms with Gasteiger partial charge in [-0.05, 0) is 37.2 Å². The summed E-state index contributed by atoms with van der Waals surface area (Å²) < 4.78 is 26.6. The highest BCUT2D eigenvalue weighted by molar-refractivity contribution is 7.89. The first kappa shape index (κ1) is 15.6.